The predicted octanol–water partition coefficient (Wildman–Crippen LogP) is -4.04. The van der Waals surface area contributed by atoms with Gasteiger partial charge in [0.25, 0.3) is 0 Å². The normalized spacial score (nSPS) is 12.2. The first kappa shape index (κ1) is 30.9. The van der Waals surface area contributed by atoms with E-state index in [0.29, 0.717) is 0 Å². The first-order valence-corrected chi connectivity index (χ1v) is 12.3. The van der Waals surface area contributed by atoms with Crippen LogP contribution in [0.15, 0.2) is 108 Å². The minimum Gasteiger partial charge on any atom is -1.00 e. The van der Waals surface area contributed by atoms with Crippen LogP contribution in [0.3, 0.4) is 0 Å². The molecule has 0 heterocycles. The van der Waals surface area contributed by atoms with Crippen molar-refractivity contribution in [3.63, 3.8) is 0 Å². The van der Waals surface area contributed by atoms with Crippen molar-refractivity contribution >= 4 is 23.6 Å². The predicted molar refractivity (Wildman–Crippen MR) is 123 cm³/mol. The molecule has 0 nitrogen and oxygen atoms in total. The molecule has 0 atom stereocenters. The van der Waals surface area contributed by atoms with Crippen molar-refractivity contribution in [3.8, 4) is 0 Å². The van der Waals surface area contributed by atoms with Crippen LogP contribution in [0.5, 0.6) is 0 Å². The molecule has 1 aliphatic carbocycles. The van der Waals surface area contributed by atoms with Crippen LogP contribution < -0.4 is 52.8 Å². The van der Waals surface area contributed by atoms with Crippen molar-refractivity contribution in [2.45, 2.75) is 32.6 Å². The molecule has 0 aromatic heterocycles. The molecule has 0 amide bonds. The van der Waals surface area contributed by atoms with Crippen molar-refractivity contribution in [1.82, 2.24) is 0 Å². The summed E-state index contributed by atoms with van der Waals surface area (Å²) in [7, 11) is -2.32. The molecule has 1 aliphatic rings. The first-order chi connectivity index (χ1) is 13.9. The summed E-state index contributed by atoms with van der Waals surface area (Å²) >= 11 is 0. The van der Waals surface area contributed by atoms with Crippen LogP contribution in [0.1, 0.15) is 32.6 Å². The third kappa shape index (κ3) is 6.29. The monoisotopic (exact) mass is 532 g/mol. The van der Waals surface area contributed by atoms with Gasteiger partial charge in [-0.1, -0.05) is 124 Å². The summed E-state index contributed by atoms with van der Waals surface area (Å²) in [5.41, 5.74) is 1.40. The van der Waals surface area contributed by atoms with Gasteiger partial charge in [0.15, 0.2) is 8.07 Å². The van der Waals surface area contributed by atoms with Crippen LogP contribution in [-0.2, 0) is 21.7 Å². The fraction of sp³-hybridized carbons (Fsp3) is 0.185. The van der Waals surface area contributed by atoms with Crippen molar-refractivity contribution < 1.29 is 58.9 Å². The van der Waals surface area contributed by atoms with Crippen LogP contribution in [0, 0.1) is 6.08 Å². The molecule has 0 saturated heterocycles. The Morgan fingerprint density at radius 1 is 0.688 bits per heavy atom. The van der Waals surface area contributed by atoms with E-state index in [0.717, 1.165) is 12.8 Å². The Labute approximate surface area is 227 Å². The van der Waals surface area contributed by atoms with E-state index in [1.807, 2.05) is 0 Å². The molecule has 3 aromatic carbocycles. The largest absolute Gasteiger partial charge is 4.00 e. The summed E-state index contributed by atoms with van der Waals surface area (Å²) in [6.07, 6.45) is 10.9. The average Bonchev–Trinajstić information content (AvgIpc) is 3.24. The van der Waals surface area contributed by atoms with Crippen LogP contribution in [0.25, 0.3) is 0 Å². The van der Waals surface area contributed by atoms with E-state index in [9.17, 15) is 0 Å². The fourth-order valence-corrected chi connectivity index (χ4v) is 9.27. The molecule has 3 aromatic rings. The Bertz CT molecular complexity index is 877. The molecule has 32 heavy (non-hydrogen) atoms. The van der Waals surface area contributed by atoms with Crippen LogP contribution in [-0.4, -0.2) is 8.07 Å². The Kier molecular flexibility index (Phi) is 14.5. The van der Waals surface area contributed by atoms with E-state index in [1.165, 1.54) is 39.2 Å². The van der Waals surface area contributed by atoms with Crippen molar-refractivity contribution in [1.29, 1.82) is 0 Å². The van der Waals surface area contributed by atoms with E-state index in [2.05, 4.69) is 110 Å². The molecule has 0 unspecified atom stereocenters. The maximum atomic E-state index is 3.90. The molecule has 164 valence electrons. The maximum absolute atomic E-state index is 3.90. The van der Waals surface area contributed by atoms with E-state index in [-0.39, 0.29) is 58.9 Å². The Balaban J connectivity index is 0.00000240. The van der Waals surface area contributed by atoms with Gasteiger partial charge in [-0.15, -0.1) is 0 Å². The van der Waals surface area contributed by atoms with Crippen molar-refractivity contribution in [2.24, 2.45) is 0 Å². The zero-order valence-corrected chi connectivity index (χ0v) is 23.0. The quantitative estimate of drug-likeness (QED) is 0.165. The zero-order chi connectivity index (χ0) is 19.2. The fourth-order valence-electron chi connectivity index (χ4n) is 4.39. The Morgan fingerprint density at radius 2 is 1.09 bits per heavy atom. The van der Waals surface area contributed by atoms with Crippen molar-refractivity contribution in [2.75, 3.05) is 0 Å². The number of unbranched alkanes of at least 4 members (excludes halogenated alkanes) is 1. The Morgan fingerprint density at radius 3 is 1.47 bits per heavy atom. The molecular formula is C27H27Cl3SiTi. The average molecular weight is 534 g/mol. The topological polar surface area (TPSA) is 0 Å². The van der Waals surface area contributed by atoms with Gasteiger partial charge in [0.2, 0.25) is 0 Å². The van der Waals surface area contributed by atoms with Crippen LogP contribution in [0.4, 0.5) is 0 Å². The molecule has 0 radical (unpaired) electrons. The van der Waals surface area contributed by atoms with Gasteiger partial charge in [-0.2, -0.15) is 5.20 Å². The molecule has 0 bridgehead atoms. The summed E-state index contributed by atoms with van der Waals surface area (Å²) < 4.78 is 0. The number of hydrogen-bond donors (Lipinski definition) is 0. The molecule has 0 spiro atoms. The Hall–Kier alpha value is -1.06. The molecule has 0 fully saturated rings. The second-order valence-corrected chi connectivity index (χ2v) is 11.3. The summed E-state index contributed by atoms with van der Waals surface area (Å²) in [6, 6.07) is 33.4. The van der Waals surface area contributed by atoms with Gasteiger partial charge in [0.05, 0.1) is 0 Å². The van der Waals surface area contributed by atoms with E-state index in [4.69, 9.17) is 0 Å². The van der Waals surface area contributed by atoms with E-state index in [1.54, 1.807) is 0 Å². The second-order valence-electron chi connectivity index (χ2n) is 7.49. The summed E-state index contributed by atoms with van der Waals surface area (Å²) in [5, 5.41) is 5.82. The number of halogens is 3. The van der Waals surface area contributed by atoms with Crippen molar-refractivity contribution in [3.05, 3.63) is 114 Å². The molecule has 4 rings (SSSR count). The van der Waals surface area contributed by atoms with Gasteiger partial charge in [-0.05, 0) is 15.6 Å². The summed E-state index contributed by atoms with van der Waals surface area (Å²) in [5.74, 6) is 0. The van der Waals surface area contributed by atoms with Gasteiger partial charge >= 0.3 is 21.7 Å². The van der Waals surface area contributed by atoms with Crippen LogP contribution >= 0.6 is 0 Å². The zero-order valence-electron chi connectivity index (χ0n) is 18.2. The molecule has 0 aliphatic heterocycles. The molecule has 0 N–H and O–H groups in total. The SMILES string of the molecule is CCCCC1=CCC([Si](c2ccccc2)(c2ccccc2)c2ccccc2)=[C-]1.[Cl-].[Cl-].[Cl-].[Ti+4]. The van der Waals surface area contributed by atoms with Gasteiger partial charge in [0, 0.05) is 0 Å². The summed E-state index contributed by atoms with van der Waals surface area (Å²) in [4.78, 5) is 0. The molecule has 5 heteroatoms. The number of benzene rings is 3. The number of rotatable bonds is 7. The first-order valence-electron chi connectivity index (χ1n) is 10.3. The second kappa shape index (κ2) is 15.0. The minimum absolute atomic E-state index is 0. The van der Waals surface area contributed by atoms with E-state index < -0.39 is 8.07 Å². The number of allylic oxidation sites excluding steroid dienone is 4. The molecular weight excluding hydrogens is 507 g/mol. The van der Waals surface area contributed by atoms with Gasteiger partial charge < -0.3 is 37.2 Å². The smallest absolute Gasteiger partial charge is 1.00 e. The molecule has 0 saturated carbocycles. The minimum atomic E-state index is -2.32. The van der Waals surface area contributed by atoms with Gasteiger partial charge in [-0.25, -0.2) is 11.6 Å². The van der Waals surface area contributed by atoms with Crippen LogP contribution in [0.2, 0.25) is 0 Å². The maximum Gasteiger partial charge on any atom is 4.00 e. The van der Waals surface area contributed by atoms with Gasteiger partial charge in [0.1, 0.15) is 0 Å². The summed E-state index contributed by atoms with van der Waals surface area (Å²) in [6.45, 7) is 2.26. The third-order valence-electron chi connectivity index (χ3n) is 5.74. The third-order valence-corrected chi connectivity index (χ3v) is 10.6. The standard InChI is InChI=1S/C27H27Si.3ClH.Ti/c1-2-3-13-23-20-21-27(22-23)28(24-14-7-4-8-15-24,25-16-9-5-10-17-25)26-18-11-6-12-19-26;;;;/h4-12,14-20H,2-3,13,21H2,1H3;3*1H;/q-1;;;;+4/p-3. The number of hydrogen-bond acceptors (Lipinski definition) is 0. The van der Waals surface area contributed by atoms with E-state index >= 15 is 0 Å². The van der Waals surface area contributed by atoms with Gasteiger partial charge in [-0.3, -0.25) is 6.08 Å².